The van der Waals surface area contributed by atoms with E-state index in [2.05, 4.69) is 19.7 Å². The molecule has 1 aliphatic rings. The molecule has 0 unspecified atom stereocenters. The first-order chi connectivity index (χ1) is 15.2. The van der Waals surface area contributed by atoms with Crippen molar-refractivity contribution in [2.24, 2.45) is 0 Å². The lowest BCUT2D eigenvalue weighted by Crippen LogP contribution is -2.48. The maximum Gasteiger partial charge on any atom is 0.573 e. The maximum atomic E-state index is 12.5. The lowest BCUT2D eigenvalue weighted by atomic mass is 10.2. The predicted octanol–water partition coefficient (Wildman–Crippen LogP) is 3.94. The van der Waals surface area contributed by atoms with Crippen molar-refractivity contribution in [1.82, 2.24) is 9.80 Å². The van der Waals surface area contributed by atoms with E-state index >= 15 is 0 Å². The molecule has 174 valence electrons. The van der Waals surface area contributed by atoms with E-state index in [0.29, 0.717) is 32.7 Å². The summed E-state index contributed by atoms with van der Waals surface area (Å²) in [5.41, 5.74) is 1.02. The van der Waals surface area contributed by atoms with E-state index in [1.807, 2.05) is 4.90 Å². The number of nitrogens with one attached hydrogen (secondary N) is 1. The minimum absolute atomic E-state index is 0.0976. The van der Waals surface area contributed by atoms with E-state index in [0.717, 1.165) is 5.56 Å². The van der Waals surface area contributed by atoms with Crippen LogP contribution in [0.25, 0.3) is 0 Å². The number of amides is 1. The molecule has 0 aliphatic carbocycles. The van der Waals surface area contributed by atoms with Gasteiger partial charge in [0.05, 0.1) is 12.2 Å². The molecule has 1 saturated heterocycles. The Kier molecular flexibility index (Phi) is 7.86. The number of para-hydroxylation sites is 2. The van der Waals surface area contributed by atoms with Gasteiger partial charge in [-0.3, -0.25) is 14.6 Å². The number of nitrogens with zero attached hydrogens (tertiary/aromatic N) is 2. The summed E-state index contributed by atoms with van der Waals surface area (Å²) in [6.07, 6.45) is -4.72. The highest BCUT2D eigenvalue weighted by atomic mass is 19.4. The van der Waals surface area contributed by atoms with Crippen molar-refractivity contribution in [2.75, 3.05) is 38.0 Å². The van der Waals surface area contributed by atoms with Crippen LogP contribution in [-0.4, -0.2) is 61.4 Å². The molecule has 0 bridgehead atoms. The fraction of sp³-hybridized carbons (Fsp3) is 0.381. The van der Waals surface area contributed by atoms with E-state index in [9.17, 15) is 26.7 Å². The fourth-order valence-electron chi connectivity index (χ4n) is 3.32. The average Bonchev–Trinajstić information content (AvgIpc) is 2.71. The molecule has 2 aromatic rings. The van der Waals surface area contributed by atoms with Crippen LogP contribution in [0.3, 0.4) is 0 Å². The van der Waals surface area contributed by atoms with E-state index in [1.165, 1.54) is 30.3 Å². The zero-order valence-corrected chi connectivity index (χ0v) is 16.9. The third kappa shape index (κ3) is 7.65. The summed E-state index contributed by atoms with van der Waals surface area (Å²) in [5.74, 6) is -0.714. The monoisotopic (exact) mass is 459 g/mol. The minimum Gasteiger partial charge on any atom is -0.433 e. The van der Waals surface area contributed by atoms with Gasteiger partial charge in [0.2, 0.25) is 5.91 Å². The molecule has 0 atom stereocenters. The second kappa shape index (κ2) is 10.6. The van der Waals surface area contributed by atoms with Gasteiger partial charge in [-0.1, -0.05) is 24.3 Å². The van der Waals surface area contributed by atoms with Gasteiger partial charge in [-0.15, -0.1) is 13.2 Å². The van der Waals surface area contributed by atoms with Crippen LogP contribution in [0, 0.1) is 0 Å². The number of hydrogen-bond acceptors (Lipinski definition) is 5. The highest BCUT2D eigenvalue weighted by Gasteiger charge is 2.31. The summed E-state index contributed by atoms with van der Waals surface area (Å²) in [7, 11) is 0. The molecule has 1 N–H and O–H groups in total. The van der Waals surface area contributed by atoms with Crippen LogP contribution in [0.15, 0.2) is 48.5 Å². The number of anilines is 1. The molecule has 0 saturated carbocycles. The summed E-state index contributed by atoms with van der Waals surface area (Å²) in [5, 5.41) is 2.59. The van der Waals surface area contributed by atoms with Gasteiger partial charge < -0.3 is 14.8 Å². The maximum absolute atomic E-state index is 12.5. The van der Waals surface area contributed by atoms with Crippen molar-refractivity contribution in [3.05, 3.63) is 54.1 Å². The molecule has 1 fully saturated rings. The zero-order valence-electron chi connectivity index (χ0n) is 16.9. The van der Waals surface area contributed by atoms with Crippen LogP contribution < -0.4 is 14.8 Å². The van der Waals surface area contributed by atoms with Gasteiger partial charge in [-0.25, -0.2) is 0 Å². The predicted molar refractivity (Wildman–Crippen MR) is 107 cm³/mol. The first-order valence-corrected chi connectivity index (χ1v) is 9.81. The first kappa shape index (κ1) is 23.7. The number of hydrogen-bond donors (Lipinski definition) is 1. The molecule has 1 heterocycles. The summed E-state index contributed by atoms with van der Waals surface area (Å²) in [4.78, 5) is 16.4. The lowest BCUT2D eigenvalue weighted by molar-refractivity contribution is -0.274. The second-order valence-electron chi connectivity index (χ2n) is 7.17. The molecule has 0 aromatic heterocycles. The molecule has 1 amide bonds. The molecule has 1 aliphatic heterocycles. The molecule has 11 heteroatoms. The van der Waals surface area contributed by atoms with Crippen LogP contribution in [0.1, 0.15) is 5.56 Å². The molecular formula is C21H22F5N3O3. The van der Waals surface area contributed by atoms with E-state index in [4.69, 9.17) is 0 Å². The van der Waals surface area contributed by atoms with Crippen LogP contribution in [0.2, 0.25) is 0 Å². The summed E-state index contributed by atoms with van der Waals surface area (Å²) in [6.45, 7) is 0.216. The molecule has 6 nitrogen and oxygen atoms in total. The number of alkyl halides is 5. The Bertz CT molecular complexity index is 885. The van der Waals surface area contributed by atoms with Gasteiger partial charge >= 0.3 is 13.0 Å². The fourth-order valence-corrected chi connectivity index (χ4v) is 3.32. The molecule has 3 rings (SSSR count). The summed E-state index contributed by atoms with van der Waals surface area (Å²) >= 11 is 0. The highest BCUT2D eigenvalue weighted by molar-refractivity contribution is 5.93. The Morgan fingerprint density at radius 1 is 0.969 bits per heavy atom. The Balaban J connectivity index is 1.44. The van der Waals surface area contributed by atoms with Crippen LogP contribution in [0.4, 0.5) is 27.6 Å². The SMILES string of the molecule is O=C(CN1CCN(Cc2ccc(OC(F)(F)F)cc2)CC1)Nc1ccccc1OC(F)F. The second-order valence-corrected chi connectivity index (χ2v) is 7.17. The van der Waals surface area contributed by atoms with Gasteiger partial charge in [0, 0.05) is 32.7 Å². The smallest absolute Gasteiger partial charge is 0.433 e. The number of piperazine rings is 1. The minimum atomic E-state index is -4.72. The Morgan fingerprint density at radius 3 is 2.22 bits per heavy atom. The Labute approximate surface area is 181 Å². The number of carbonyl (C=O) groups excluding carboxylic acids is 1. The topological polar surface area (TPSA) is 54.0 Å². The first-order valence-electron chi connectivity index (χ1n) is 9.81. The number of carbonyl (C=O) groups is 1. The summed E-state index contributed by atoms with van der Waals surface area (Å²) < 4.78 is 69.9. The molecular weight excluding hydrogens is 437 g/mol. The van der Waals surface area contributed by atoms with Gasteiger partial charge in [0.25, 0.3) is 0 Å². The van der Waals surface area contributed by atoms with Crippen molar-refractivity contribution in [2.45, 2.75) is 19.5 Å². The third-order valence-electron chi connectivity index (χ3n) is 4.77. The number of benzene rings is 2. The Hall–Kier alpha value is -2.92. The molecule has 0 spiro atoms. The van der Waals surface area contributed by atoms with E-state index < -0.39 is 13.0 Å². The van der Waals surface area contributed by atoms with Crippen molar-refractivity contribution < 1.29 is 36.2 Å². The van der Waals surface area contributed by atoms with E-state index in [1.54, 1.807) is 18.2 Å². The molecule has 32 heavy (non-hydrogen) atoms. The Morgan fingerprint density at radius 2 is 1.59 bits per heavy atom. The third-order valence-corrected chi connectivity index (χ3v) is 4.77. The van der Waals surface area contributed by atoms with Crippen LogP contribution >= 0.6 is 0 Å². The quantitative estimate of drug-likeness (QED) is 0.607. The number of ether oxygens (including phenoxy) is 2. The largest absolute Gasteiger partial charge is 0.573 e. The van der Waals surface area contributed by atoms with Gasteiger partial charge in [0.1, 0.15) is 11.5 Å². The van der Waals surface area contributed by atoms with Crippen LogP contribution in [0.5, 0.6) is 11.5 Å². The normalized spacial score (nSPS) is 15.6. The number of rotatable bonds is 8. The van der Waals surface area contributed by atoms with Crippen molar-refractivity contribution >= 4 is 11.6 Å². The highest BCUT2D eigenvalue weighted by Crippen LogP contribution is 2.26. The van der Waals surface area contributed by atoms with Crippen LogP contribution in [-0.2, 0) is 11.3 Å². The molecule has 2 aromatic carbocycles. The zero-order chi connectivity index (χ0) is 23.1. The number of halogens is 5. The molecule has 0 radical (unpaired) electrons. The summed E-state index contributed by atoms with van der Waals surface area (Å²) in [6, 6.07) is 11.7. The van der Waals surface area contributed by atoms with E-state index in [-0.39, 0.29) is 29.6 Å². The standard InChI is InChI=1S/C21H22F5N3O3/c22-20(23)31-18-4-2-1-3-17(18)27-19(30)14-29-11-9-28(10-12-29)13-15-5-7-16(8-6-15)32-21(24,25)26/h1-8,20H,9-14H2,(H,27,30). The van der Waals surface area contributed by atoms with Crippen molar-refractivity contribution in [3.63, 3.8) is 0 Å². The average molecular weight is 459 g/mol. The van der Waals surface area contributed by atoms with Gasteiger partial charge in [-0.2, -0.15) is 8.78 Å². The van der Waals surface area contributed by atoms with Crippen molar-refractivity contribution in [1.29, 1.82) is 0 Å². The lowest BCUT2D eigenvalue weighted by Gasteiger charge is -2.34. The van der Waals surface area contributed by atoms with Gasteiger partial charge in [0.15, 0.2) is 0 Å². The van der Waals surface area contributed by atoms with Gasteiger partial charge in [-0.05, 0) is 29.8 Å². The van der Waals surface area contributed by atoms with Crippen molar-refractivity contribution in [3.8, 4) is 11.5 Å².